The molecule has 1 aromatic carbocycles. The molecule has 0 unspecified atom stereocenters. The third-order valence-corrected chi connectivity index (χ3v) is 5.81. The minimum absolute atomic E-state index is 0.205. The lowest BCUT2D eigenvalue weighted by atomic mass is 10.1. The summed E-state index contributed by atoms with van der Waals surface area (Å²) in [6.07, 6.45) is -1.71. The molecule has 4 rings (SSSR count). The van der Waals surface area contributed by atoms with E-state index in [4.69, 9.17) is 0 Å². The van der Waals surface area contributed by atoms with Crippen LogP contribution in [0.5, 0.6) is 0 Å². The van der Waals surface area contributed by atoms with E-state index in [1.807, 2.05) is 18.7 Å². The van der Waals surface area contributed by atoms with Gasteiger partial charge in [-0.15, -0.1) is 0 Å². The van der Waals surface area contributed by atoms with Crippen molar-refractivity contribution in [3.8, 4) is 11.4 Å². The highest BCUT2D eigenvalue weighted by Gasteiger charge is 2.35. The number of hydrogen-bond acceptors (Lipinski definition) is 4. The van der Waals surface area contributed by atoms with Crippen LogP contribution in [0, 0.1) is 12.8 Å². The van der Waals surface area contributed by atoms with Crippen molar-refractivity contribution >= 4 is 11.7 Å². The number of carbonyl (C=O) groups excluding carboxylic acids is 1. The van der Waals surface area contributed by atoms with Gasteiger partial charge in [0.05, 0.1) is 5.56 Å². The molecule has 0 atom stereocenters. The van der Waals surface area contributed by atoms with Crippen LogP contribution in [0.15, 0.2) is 24.3 Å². The Labute approximate surface area is 173 Å². The van der Waals surface area contributed by atoms with Crippen molar-refractivity contribution in [3.63, 3.8) is 0 Å². The Bertz CT molecular complexity index is 948. The average molecular weight is 418 g/mol. The number of aromatic nitrogens is 2. The summed E-state index contributed by atoms with van der Waals surface area (Å²) in [7, 11) is 0. The van der Waals surface area contributed by atoms with Crippen LogP contribution < -0.4 is 4.90 Å². The number of halogens is 3. The van der Waals surface area contributed by atoms with E-state index in [2.05, 4.69) is 14.9 Å². The zero-order chi connectivity index (χ0) is 21.5. The summed E-state index contributed by atoms with van der Waals surface area (Å²) in [5, 5.41) is 0. The van der Waals surface area contributed by atoms with Crippen molar-refractivity contribution in [2.24, 2.45) is 5.92 Å². The lowest BCUT2D eigenvalue weighted by molar-refractivity contribution is -0.137. The SMILES string of the molecule is CCc1c(C)nc(-c2cccc(C(F)(F)F)c2)nc1N1CCN(C(=O)C2CC2)CC1. The highest BCUT2D eigenvalue weighted by molar-refractivity contribution is 5.81. The second-order valence-corrected chi connectivity index (χ2v) is 7.95. The second-order valence-electron chi connectivity index (χ2n) is 7.95. The van der Waals surface area contributed by atoms with E-state index in [0.717, 1.165) is 48.5 Å². The van der Waals surface area contributed by atoms with Crippen molar-refractivity contribution in [1.82, 2.24) is 14.9 Å². The largest absolute Gasteiger partial charge is 0.416 e. The second kappa shape index (κ2) is 7.89. The molecule has 1 saturated heterocycles. The summed E-state index contributed by atoms with van der Waals surface area (Å²) in [5.74, 6) is 1.50. The van der Waals surface area contributed by atoms with Crippen LogP contribution in [0.25, 0.3) is 11.4 Å². The summed E-state index contributed by atoms with van der Waals surface area (Å²) in [6.45, 7) is 6.48. The zero-order valence-corrected chi connectivity index (χ0v) is 17.2. The Morgan fingerprint density at radius 2 is 1.83 bits per heavy atom. The Morgan fingerprint density at radius 1 is 1.13 bits per heavy atom. The van der Waals surface area contributed by atoms with Gasteiger partial charge in [0.1, 0.15) is 5.82 Å². The number of alkyl halides is 3. The summed E-state index contributed by atoms with van der Waals surface area (Å²) >= 11 is 0. The standard InChI is InChI=1S/C22H25F3N4O/c1-3-18-14(2)26-19(16-5-4-6-17(13-16)22(23,24)25)27-20(18)28-9-11-29(12-10-28)21(30)15-7-8-15/h4-6,13,15H,3,7-12H2,1-2H3. The lowest BCUT2D eigenvalue weighted by Gasteiger charge is -2.36. The van der Waals surface area contributed by atoms with Gasteiger partial charge in [0.2, 0.25) is 5.91 Å². The fourth-order valence-corrected chi connectivity index (χ4v) is 3.95. The summed E-state index contributed by atoms with van der Waals surface area (Å²) < 4.78 is 39.4. The molecular formula is C22H25F3N4O. The summed E-state index contributed by atoms with van der Waals surface area (Å²) in [4.78, 5) is 25.5. The van der Waals surface area contributed by atoms with E-state index in [-0.39, 0.29) is 11.8 Å². The van der Waals surface area contributed by atoms with Gasteiger partial charge in [0.25, 0.3) is 0 Å². The molecule has 1 amide bonds. The van der Waals surface area contributed by atoms with Crippen molar-refractivity contribution in [1.29, 1.82) is 0 Å². The maximum absolute atomic E-state index is 13.1. The number of benzene rings is 1. The number of rotatable bonds is 4. The number of nitrogens with zero attached hydrogens (tertiary/aromatic N) is 4. The minimum Gasteiger partial charge on any atom is -0.353 e. The highest BCUT2D eigenvalue weighted by Crippen LogP contribution is 2.34. The van der Waals surface area contributed by atoms with Crippen molar-refractivity contribution in [3.05, 3.63) is 41.1 Å². The Morgan fingerprint density at radius 3 is 2.43 bits per heavy atom. The van der Waals surface area contributed by atoms with Gasteiger partial charge in [-0.2, -0.15) is 13.2 Å². The van der Waals surface area contributed by atoms with E-state index in [1.54, 1.807) is 6.07 Å². The number of hydrogen-bond donors (Lipinski definition) is 0. The molecule has 1 aliphatic heterocycles. The molecule has 2 heterocycles. The minimum atomic E-state index is -4.42. The van der Waals surface area contributed by atoms with Gasteiger partial charge in [-0.25, -0.2) is 9.97 Å². The van der Waals surface area contributed by atoms with Gasteiger partial charge < -0.3 is 9.80 Å². The molecule has 0 radical (unpaired) electrons. The van der Waals surface area contributed by atoms with Gasteiger partial charge in [-0.3, -0.25) is 4.79 Å². The quantitative estimate of drug-likeness (QED) is 0.751. The van der Waals surface area contributed by atoms with Crippen LogP contribution in [0.4, 0.5) is 19.0 Å². The predicted octanol–water partition coefficient (Wildman–Crippen LogP) is 4.09. The van der Waals surface area contributed by atoms with Crippen LogP contribution in [0.1, 0.15) is 36.6 Å². The van der Waals surface area contributed by atoms with Gasteiger partial charge in [0.15, 0.2) is 5.82 Å². The molecule has 2 aromatic rings. The van der Waals surface area contributed by atoms with E-state index in [1.165, 1.54) is 6.07 Å². The molecule has 0 spiro atoms. The first-order chi connectivity index (χ1) is 14.3. The lowest BCUT2D eigenvalue weighted by Crippen LogP contribution is -2.49. The van der Waals surface area contributed by atoms with E-state index >= 15 is 0 Å². The molecule has 5 nitrogen and oxygen atoms in total. The molecule has 2 fully saturated rings. The molecule has 2 aliphatic rings. The molecule has 1 saturated carbocycles. The maximum Gasteiger partial charge on any atom is 0.416 e. The number of aryl methyl sites for hydroxylation is 1. The monoisotopic (exact) mass is 418 g/mol. The number of amides is 1. The van der Waals surface area contributed by atoms with E-state index in [0.29, 0.717) is 37.6 Å². The van der Waals surface area contributed by atoms with Crippen LogP contribution >= 0.6 is 0 Å². The van der Waals surface area contributed by atoms with Gasteiger partial charge in [0, 0.05) is 48.9 Å². The highest BCUT2D eigenvalue weighted by atomic mass is 19.4. The van der Waals surface area contributed by atoms with Crippen LogP contribution in [-0.4, -0.2) is 47.0 Å². The molecule has 1 aromatic heterocycles. The first kappa shape index (κ1) is 20.6. The fourth-order valence-electron chi connectivity index (χ4n) is 3.95. The molecule has 0 N–H and O–H groups in total. The Kier molecular flexibility index (Phi) is 5.42. The van der Waals surface area contributed by atoms with E-state index in [9.17, 15) is 18.0 Å². The van der Waals surface area contributed by atoms with E-state index < -0.39 is 11.7 Å². The Balaban J connectivity index is 1.62. The molecule has 1 aliphatic carbocycles. The van der Waals surface area contributed by atoms with Crippen LogP contribution in [0.3, 0.4) is 0 Å². The summed E-state index contributed by atoms with van der Waals surface area (Å²) in [6, 6.07) is 5.13. The smallest absolute Gasteiger partial charge is 0.353 e. The molecule has 30 heavy (non-hydrogen) atoms. The molecule has 0 bridgehead atoms. The third kappa shape index (κ3) is 4.13. The Hall–Kier alpha value is -2.64. The number of carbonyl (C=O) groups is 1. The normalized spacial score (nSPS) is 17.4. The van der Waals surface area contributed by atoms with Crippen LogP contribution in [-0.2, 0) is 17.4 Å². The number of anilines is 1. The predicted molar refractivity (Wildman–Crippen MR) is 108 cm³/mol. The van der Waals surface area contributed by atoms with Crippen LogP contribution in [0.2, 0.25) is 0 Å². The fraction of sp³-hybridized carbons (Fsp3) is 0.500. The molecule has 160 valence electrons. The van der Waals surface area contributed by atoms with Crippen molar-refractivity contribution in [2.75, 3.05) is 31.1 Å². The van der Waals surface area contributed by atoms with Gasteiger partial charge >= 0.3 is 6.18 Å². The maximum atomic E-state index is 13.1. The summed E-state index contributed by atoms with van der Waals surface area (Å²) in [5.41, 5.74) is 1.40. The van der Waals surface area contributed by atoms with Crippen molar-refractivity contribution in [2.45, 2.75) is 39.3 Å². The first-order valence-corrected chi connectivity index (χ1v) is 10.4. The zero-order valence-electron chi connectivity index (χ0n) is 17.2. The first-order valence-electron chi connectivity index (χ1n) is 10.4. The van der Waals surface area contributed by atoms with Crippen molar-refractivity contribution < 1.29 is 18.0 Å². The topological polar surface area (TPSA) is 49.3 Å². The third-order valence-electron chi connectivity index (χ3n) is 5.81. The molecule has 8 heteroatoms. The van der Waals surface area contributed by atoms with Gasteiger partial charge in [-0.05, 0) is 38.3 Å². The average Bonchev–Trinajstić information content (AvgIpc) is 3.58. The number of piperazine rings is 1. The van der Waals surface area contributed by atoms with Gasteiger partial charge in [-0.1, -0.05) is 19.1 Å². The molecular weight excluding hydrogens is 393 g/mol.